The van der Waals surface area contributed by atoms with Crippen LogP contribution in [0.25, 0.3) is 0 Å². The molecule has 0 bridgehead atoms. The first-order chi connectivity index (χ1) is 8.95. The molecule has 1 amide bonds. The van der Waals surface area contributed by atoms with Gasteiger partial charge >= 0.3 is 0 Å². The molecule has 0 heterocycles. The normalized spacial score (nSPS) is 12.5. The van der Waals surface area contributed by atoms with E-state index in [2.05, 4.69) is 47.0 Å². The van der Waals surface area contributed by atoms with Gasteiger partial charge in [-0.1, -0.05) is 18.6 Å². The molecule has 1 N–H and O–H groups in total. The number of nitrogens with one attached hydrogen (secondary N) is 1. The third-order valence-electron chi connectivity index (χ3n) is 3.46. The first-order valence-corrected chi connectivity index (χ1v) is 7.49. The molecule has 1 aromatic rings. The third kappa shape index (κ3) is 4.96. The standard InChI is InChI=1S/C15H23BrN2O/c1-5-12(3)18(4)9-8-17-15(19)13-10-11(2)6-7-14(13)16/h6-7,10,12H,5,8-9H2,1-4H3,(H,17,19). The van der Waals surface area contributed by atoms with Crippen LogP contribution in [0.1, 0.15) is 36.2 Å². The predicted molar refractivity (Wildman–Crippen MR) is 83.6 cm³/mol. The molecule has 0 saturated heterocycles. The summed E-state index contributed by atoms with van der Waals surface area (Å²) in [7, 11) is 2.09. The van der Waals surface area contributed by atoms with Crippen LogP contribution in [0, 0.1) is 6.92 Å². The molecule has 0 spiro atoms. The number of aryl methyl sites for hydroxylation is 1. The summed E-state index contributed by atoms with van der Waals surface area (Å²) in [5, 5.41) is 2.97. The molecule has 3 nitrogen and oxygen atoms in total. The molecule has 0 aliphatic heterocycles. The predicted octanol–water partition coefficient (Wildman–Crippen LogP) is 3.22. The molecule has 0 aliphatic rings. The fourth-order valence-corrected chi connectivity index (χ4v) is 2.21. The summed E-state index contributed by atoms with van der Waals surface area (Å²) in [6.45, 7) is 7.88. The van der Waals surface area contributed by atoms with Crippen molar-refractivity contribution < 1.29 is 4.79 Å². The average Bonchev–Trinajstić information content (AvgIpc) is 2.40. The first kappa shape index (κ1) is 16.2. The number of carbonyl (C=O) groups excluding carboxylic acids is 1. The molecular formula is C15H23BrN2O. The molecule has 1 rings (SSSR count). The van der Waals surface area contributed by atoms with E-state index in [1.807, 2.05) is 25.1 Å². The van der Waals surface area contributed by atoms with Crippen LogP contribution in [0.4, 0.5) is 0 Å². The van der Waals surface area contributed by atoms with Gasteiger partial charge in [-0.15, -0.1) is 0 Å². The molecule has 1 unspecified atom stereocenters. The summed E-state index contributed by atoms with van der Waals surface area (Å²) in [5.41, 5.74) is 1.79. The smallest absolute Gasteiger partial charge is 0.252 e. The van der Waals surface area contributed by atoms with Crippen molar-refractivity contribution in [2.75, 3.05) is 20.1 Å². The second-order valence-corrected chi connectivity index (χ2v) is 5.83. The Morgan fingerprint density at radius 2 is 2.16 bits per heavy atom. The van der Waals surface area contributed by atoms with Crippen molar-refractivity contribution in [2.24, 2.45) is 0 Å². The molecule has 0 fully saturated rings. The van der Waals surface area contributed by atoms with Crippen molar-refractivity contribution in [3.8, 4) is 0 Å². The number of likely N-dealkylation sites (N-methyl/N-ethyl adjacent to an activating group) is 1. The lowest BCUT2D eigenvalue weighted by Crippen LogP contribution is -2.37. The molecular weight excluding hydrogens is 304 g/mol. The maximum absolute atomic E-state index is 12.1. The molecule has 0 radical (unpaired) electrons. The van der Waals surface area contributed by atoms with Crippen LogP contribution < -0.4 is 5.32 Å². The number of hydrogen-bond donors (Lipinski definition) is 1. The van der Waals surface area contributed by atoms with Crippen LogP contribution in [-0.2, 0) is 0 Å². The minimum atomic E-state index is -0.0203. The number of carbonyl (C=O) groups is 1. The van der Waals surface area contributed by atoms with Crippen molar-refractivity contribution >= 4 is 21.8 Å². The third-order valence-corrected chi connectivity index (χ3v) is 4.15. The molecule has 106 valence electrons. The first-order valence-electron chi connectivity index (χ1n) is 6.70. The fraction of sp³-hybridized carbons (Fsp3) is 0.533. The average molecular weight is 327 g/mol. The van der Waals surface area contributed by atoms with E-state index in [1.165, 1.54) is 0 Å². The Kier molecular flexibility index (Phi) is 6.52. The zero-order valence-electron chi connectivity index (χ0n) is 12.2. The van der Waals surface area contributed by atoms with Crippen LogP contribution in [-0.4, -0.2) is 37.0 Å². The summed E-state index contributed by atoms with van der Waals surface area (Å²) in [4.78, 5) is 14.3. The highest BCUT2D eigenvalue weighted by Gasteiger charge is 2.11. The lowest BCUT2D eigenvalue weighted by molar-refractivity contribution is 0.0946. The quantitative estimate of drug-likeness (QED) is 0.870. The lowest BCUT2D eigenvalue weighted by Gasteiger charge is -2.23. The molecule has 1 atom stereocenters. The van der Waals surface area contributed by atoms with Crippen molar-refractivity contribution in [2.45, 2.75) is 33.2 Å². The number of hydrogen-bond acceptors (Lipinski definition) is 2. The Morgan fingerprint density at radius 3 is 2.79 bits per heavy atom. The van der Waals surface area contributed by atoms with Crippen molar-refractivity contribution in [3.63, 3.8) is 0 Å². The van der Waals surface area contributed by atoms with Gasteiger partial charge in [0.2, 0.25) is 0 Å². The summed E-state index contributed by atoms with van der Waals surface area (Å²) in [6, 6.07) is 6.34. The van der Waals surface area contributed by atoms with E-state index in [4.69, 9.17) is 0 Å². The van der Waals surface area contributed by atoms with Crippen molar-refractivity contribution in [1.82, 2.24) is 10.2 Å². The Hall–Kier alpha value is -0.870. The van der Waals surface area contributed by atoms with Gasteiger partial charge in [0, 0.05) is 23.6 Å². The highest BCUT2D eigenvalue weighted by molar-refractivity contribution is 9.10. The summed E-state index contributed by atoms with van der Waals surface area (Å²) < 4.78 is 0.839. The molecule has 0 aliphatic carbocycles. The van der Waals surface area contributed by atoms with E-state index < -0.39 is 0 Å². The Bertz CT molecular complexity index is 434. The Balaban J connectivity index is 2.50. The molecule has 0 aromatic heterocycles. The molecule has 1 aromatic carbocycles. The van der Waals surface area contributed by atoms with Gasteiger partial charge in [0.05, 0.1) is 5.56 Å². The summed E-state index contributed by atoms with van der Waals surface area (Å²) in [6.07, 6.45) is 1.12. The zero-order chi connectivity index (χ0) is 14.4. The number of benzene rings is 1. The summed E-state index contributed by atoms with van der Waals surface area (Å²) in [5.74, 6) is -0.0203. The van der Waals surface area contributed by atoms with Gasteiger partial charge in [-0.25, -0.2) is 0 Å². The van der Waals surface area contributed by atoms with Gasteiger partial charge in [0.1, 0.15) is 0 Å². The molecule has 19 heavy (non-hydrogen) atoms. The van der Waals surface area contributed by atoms with Crippen molar-refractivity contribution in [1.29, 1.82) is 0 Å². The molecule has 0 saturated carbocycles. The topological polar surface area (TPSA) is 32.3 Å². The number of halogens is 1. The van der Waals surface area contributed by atoms with Gasteiger partial charge in [-0.3, -0.25) is 4.79 Å². The van der Waals surface area contributed by atoms with Crippen LogP contribution in [0.3, 0.4) is 0 Å². The van der Waals surface area contributed by atoms with Crippen LogP contribution in [0.5, 0.6) is 0 Å². The summed E-state index contributed by atoms with van der Waals surface area (Å²) >= 11 is 3.42. The van der Waals surface area contributed by atoms with Gasteiger partial charge in [-0.2, -0.15) is 0 Å². The largest absolute Gasteiger partial charge is 0.351 e. The van der Waals surface area contributed by atoms with E-state index in [9.17, 15) is 4.79 Å². The van der Waals surface area contributed by atoms with Crippen LogP contribution in [0.2, 0.25) is 0 Å². The van der Waals surface area contributed by atoms with E-state index in [0.29, 0.717) is 18.2 Å². The number of rotatable bonds is 6. The SMILES string of the molecule is CCC(C)N(C)CCNC(=O)c1cc(C)ccc1Br. The lowest BCUT2D eigenvalue weighted by atomic mass is 10.1. The fourth-order valence-electron chi connectivity index (χ4n) is 1.79. The minimum Gasteiger partial charge on any atom is -0.351 e. The minimum absolute atomic E-state index is 0.0203. The Labute approximate surface area is 124 Å². The van der Waals surface area contributed by atoms with Crippen molar-refractivity contribution in [3.05, 3.63) is 33.8 Å². The van der Waals surface area contributed by atoms with Gasteiger partial charge in [-0.05, 0) is 55.4 Å². The van der Waals surface area contributed by atoms with E-state index in [-0.39, 0.29) is 5.91 Å². The number of amides is 1. The van der Waals surface area contributed by atoms with E-state index >= 15 is 0 Å². The van der Waals surface area contributed by atoms with Gasteiger partial charge < -0.3 is 10.2 Å². The molecule has 4 heteroatoms. The Morgan fingerprint density at radius 1 is 1.47 bits per heavy atom. The van der Waals surface area contributed by atoms with E-state index in [0.717, 1.165) is 23.0 Å². The maximum atomic E-state index is 12.1. The monoisotopic (exact) mass is 326 g/mol. The highest BCUT2D eigenvalue weighted by atomic mass is 79.9. The van der Waals surface area contributed by atoms with Crippen LogP contribution in [0.15, 0.2) is 22.7 Å². The maximum Gasteiger partial charge on any atom is 0.252 e. The van der Waals surface area contributed by atoms with Crippen LogP contribution >= 0.6 is 15.9 Å². The van der Waals surface area contributed by atoms with Gasteiger partial charge in [0.25, 0.3) is 5.91 Å². The second-order valence-electron chi connectivity index (χ2n) is 4.98. The highest BCUT2D eigenvalue weighted by Crippen LogP contribution is 2.17. The zero-order valence-corrected chi connectivity index (χ0v) is 13.8. The number of nitrogens with zero attached hydrogens (tertiary/aromatic N) is 1. The van der Waals surface area contributed by atoms with Gasteiger partial charge in [0.15, 0.2) is 0 Å². The van der Waals surface area contributed by atoms with E-state index in [1.54, 1.807) is 0 Å². The second kappa shape index (κ2) is 7.65.